The topological polar surface area (TPSA) is 66.8 Å². The highest BCUT2D eigenvalue weighted by Crippen LogP contribution is 2.32. The molecule has 5 nitrogen and oxygen atoms in total. The van der Waals surface area contributed by atoms with Crippen LogP contribution < -0.4 is 0 Å². The van der Waals surface area contributed by atoms with Gasteiger partial charge in [-0.3, -0.25) is 4.79 Å². The zero-order chi connectivity index (χ0) is 24.7. The quantitative estimate of drug-likeness (QED) is 0.360. The minimum atomic E-state index is -3.42. The monoisotopic (exact) mass is 491 g/mol. The van der Waals surface area contributed by atoms with Crippen molar-refractivity contribution in [3.8, 4) is 0 Å². The summed E-state index contributed by atoms with van der Waals surface area (Å²) in [6.07, 6.45) is 3.61. The third kappa shape index (κ3) is 6.73. The highest BCUT2D eigenvalue weighted by Gasteiger charge is 2.39. The van der Waals surface area contributed by atoms with Gasteiger partial charge in [0.25, 0.3) is 0 Å². The zero-order valence-electron chi connectivity index (χ0n) is 19.5. The Balaban J connectivity index is 1.58. The maximum Gasteiger partial charge on any atom is 0.348 e. The molecule has 1 N–H and O–H groups in total. The highest BCUT2D eigenvalue weighted by atomic mass is 32.1. The van der Waals surface area contributed by atoms with Crippen molar-refractivity contribution in [3.05, 3.63) is 69.9 Å². The van der Waals surface area contributed by atoms with Crippen LogP contribution >= 0.6 is 11.3 Å². The molecule has 1 aliphatic heterocycles. The summed E-state index contributed by atoms with van der Waals surface area (Å²) in [7, 11) is 0. The average Bonchev–Trinajstić information content (AvgIpc) is 3.28. The predicted octanol–water partition coefficient (Wildman–Crippen LogP) is 5.34. The third-order valence-corrected chi connectivity index (χ3v) is 6.81. The summed E-state index contributed by atoms with van der Waals surface area (Å²) in [5.74, 6) is -3.78. The number of rotatable bonds is 10. The summed E-state index contributed by atoms with van der Waals surface area (Å²) >= 11 is 1.38. The largest absolute Gasteiger partial charge is 0.459 e. The van der Waals surface area contributed by atoms with Gasteiger partial charge in [-0.2, -0.15) is 8.78 Å². The van der Waals surface area contributed by atoms with Gasteiger partial charge >= 0.3 is 11.9 Å². The number of ether oxygens (including phenoxy) is 1. The number of carbonyl (C=O) groups is 2. The summed E-state index contributed by atoms with van der Waals surface area (Å²) in [5.41, 5.74) is -0.253. The number of thiophene rings is 1. The van der Waals surface area contributed by atoms with E-state index in [0.717, 1.165) is 11.0 Å². The number of esters is 1. The van der Waals surface area contributed by atoms with Gasteiger partial charge in [-0.15, -0.1) is 11.3 Å². The third-order valence-electron chi connectivity index (χ3n) is 5.68. The van der Waals surface area contributed by atoms with E-state index in [1.807, 2.05) is 6.07 Å². The number of benzene rings is 1. The molecule has 0 bridgehead atoms. The Morgan fingerprint density at radius 3 is 2.71 bits per heavy atom. The Labute approximate surface area is 203 Å². The molecule has 0 aliphatic carbocycles. The van der Waals surface area contributed by atoms with Gasteiger partial charge in [-0.1, -0.05) is 42.5 Å². The van der Waals surface area contributed by atoms with E-state index in [2.05, 4.69) is 0 Å². The minimum Gasteiger partial charge on any atom is -0.459 e. The number of nitrogens with zero attached hydrogens (tertiary/aromatic N) is 1. The van der Waals surface area contributed by atoms with Crippen LogP contribution in [0.1, 0.15) is 59.6 Å². The van der Waals surface area contributed by atoms with Gasteiger partial charge in [0.2, 0.25) is 5.91 Å². The van der Waals surface area contributed by atoms with E-state index in [0.29, 0.717) is 43.5 Å². The molecule has 0 saturated carbocycles. The second kappa shape index (κ2) is 11.7. The fourth-order valence-electron chi connectivity index (χ4n) is 3.94. The highest BCUT2D eigenvalue weighted by molar-refractivity contribution is 7.13. The molecule has 1 saturated heterocycles. The van der Waals surface area contributed by atoms with E-state index >= 15 is 0 Å². The van der Waals surface area contributed by atoms with Crippen molar-refractivity contribution in [2.24, 2.45) is 0 Å². The number of amides is 1. The van der Waals surface area contributed by atoms with Gasteiger partial charge < -0.3 is 14.7 Å². The normalized spacial score (nSPS) is 18.0. The molecule has 2 heterocycles. The molecular weight excluding hydrogens is 460 g/mol. The first-order chi connectivity index (χ1) is 16.2. The Morgan fingerprint density at radius 1 is 1.26 bits per heavy atom. The Hall–Kier alpha value is -2.58. The van der Waals surface area contributed by atoms with Crippen molar-refractivity contribution in [1.82, 2.24) is 4.90 Å². The van der Waals surface area contributed by atoms with Crippen molar-refractivity contribution in [1.29, 1.82) is 0 Å². The molecule has 1 aliphatic rings. The van der Waals surface area contributed by atoms with Crippen LogP contribution in [0.4, 0.5) is 8.78 Å². The van der Waals surface area contributed by atoms with Crippen LogP contribution in [0.25, 0.3) is 0 Å². The second-order valence-electron chi connectivity index (χ2n) is 8.69. The number of aliphatic hydroxyl groups excluding tert-OH is 1. The van der Waals surface area contributed by atoms with Crippen molar-refractivity contribution >= 4 is 23.2 Å². The average molecular weight is 492 g/mol. The smallest absolute Gasteiger partial charge is 0.348 e. The predicted molar refractivity (Wildman–Crippen MR) is 128 cm³/mol. The van der Waals surface area contributed by atoms with Crippen LogP contribution in [0.2, 0.25) is 0 Å². The standard InChI is InChI=1S/C26H31F2NO4S/c1-18(2)33-25(32)22-15-14-21(34-22)11-7-17-29-20(10-6-12-24(29)31)13-16-23(30)26(27,28)19-8-4-3-5-9-19/h3-5,8-9,13-16,18,20,23,30H,6-7,10-12,17H2,1-2H3/b16-13+/t20-,23-/m1/s1. The van der Waals surface area contributed by atoms with Gasteiger partial charge in [0.15, 0.2) is 0 Å². The number of alkyl halides is 2. The fraction of sp³-hybridized carbons (Fsp3) is 0.462. The molecular formula is C26H31F2NO4S. The summed E-state index contributed by atoms with van der Waals surface area (Å²) in [6.45, 7) is 4.08. The molecule has 1 aromatic heterocycles. The van der Waals surface area contributed by atoms with Gasteiger partial charge in [0.1, 0.15) is 11.0 Å². The Morgan fingerprint density at radius 2 is 2.00 bits per heavy atom. The van der Waals surface area contributed by atoms with E-state index in [1.54, 1.807) is 30.9 Å². The van der Waals surface area contributed by atoms with Crippen molar-refractivity contribution in [2.45, 2.75) is 70.1 Å². The van der Waals surface area contributed by atoms with E-state index in [4.69, 9.17) is 4.74 Å². The molecule has 3 rings (SSSR count). The van der Waals surface area contributed by atoms with Crippen LogP contribution in [0.3, 0.4) is 0 Å². The molecule has 2 atom stereocenters. The van der Waals surface area contributed by atoms with Gasteiger partial charge in [0.05, 0.1) is 12.1 Å². The van der Waals surface area contributed by atoms with E-state index in [1.165, 1.54) is 41.7 Å². The molecule has 2 aromatic rings. The molecule has 184 valence electrons. The number of hydrogen-bond donors (Lipinski definition) is 1. The van der Waals surface area contributed by atoms with Crippen molar-refractivity contribution in [2.75, 3.05) is 6.54 Å². The van der Waals surface area contributed by atoms with Crippen molar-refractivity contribution in [3.63, 3.8) is 0 Å². The number of likely N-dealkylation sites (tertiary alicyclic amines) is 1. The summed E-state index contributed by atoms with van der Waals surface area (Å²) in [5, 5.41) is 10.2. The second-order valence-corrected chi connectivity index (χ2v) is 9.86. The lowest BCUT2D eigenvalue weighted by atomic mass is 9.98. The number of piperidine rings is 1. The fourth-order valence-corrected chi connectivity index (χ4v) is 4.87. The van der Waals surface area contributed by atoms with Gasteiger partial charge in [-0.05, 0) is 51.7 Å². The van der Waals surface area contributed by atoms with Crippen LogP contribution in [-0.4, -0.2) is 46.7 Å². The molecule has 34 heavy (non-hydrogen) atoms. The van der Waals surface area contributed by atoms with Crippen LogP contribution in [0.15, 0.2) is 54.6 Å². The maximum absolute atomic E-state index is 14.6. The summed E-state index contributed by atoms with van der Waals surface area (Å²) in [4.78, 5) is 27.8. The minimum absolute atomic E-state index is 0.0161. The molecule has 0 spiro atoms. The molecule has 1 fully saturated rings. The van der Waals surface area contributed by atoms with Gasteiger partial charge in [-0.25, -0.2) is 4.79 Å². The van der Waals surface area contributed by atoms with Crippen LogP contribution in [-0.2, 0) is 21.9 Å². The molecule has 8 heteroatoms. The Bertz CT molecular complexity index is 990. The number of carbonyl (C=O) groups excluding carboxylic acids is 2. The maximum atomic E-state index is 14.6. The number of hydrogen-bond acceptors (Lipinski definition) is 5. The Kier molecular flexibility index (Phi) is 8.97. The van der Waals surface area contributed by atoms with E-state index in [-0.39, 0.29) is 29.6 Å². The SMILES string of the molecule is CC(C)OC(=O)c1ccc(CCCN2C(=O)CCC[C@@H]2/C=C/[C@@H](O)C(F)(F)c2ccccc2)s1. The zero-order valence-corrected chi connectivity index (χ0v) is 20.3. The first-order valence-electron chi connectivity index (χ1n) is 11.6. The summed E-state index contributed by atoms with van der Waals surface area (Å²) in [6, 6.07) is 10.5. The molecule has 1 aromatic carbocycles. The molecule has 0 unspecified atom stereocenters. The lowest BCUT2D eigenvalue weighted by molar-refractivity contribution is -0.135. The van der Waals surface area contributed by atoms with E-state index < -0.39 is 12.0 Å². The number of halogens is 2. The van der Waals surface area contributed by atoms with Crippen molar-refractivity contribution < 1.29 is 28.2 Å². The van der Waals surface area contributed by atoms with Crippen LogP contribution in [0.5, 0.6) is 0 Å². The van der Waals surface area contributed by atoms with E-state index in [9.17, 15) is 23.5 Å². The van der Waals surface area contributed by atoms with Crippen LogP contribution in [0, 0.1) is 0 Å². The number of aliphatic hydroxyl groups is 1. The lowest BCUT2D eigenvalue weighted by Gasteiger charge is -2.34. The molecule has 1 amide bonds. The van der Waals surface area contributed by atoms with Gasteiger partial charge in [0, 0.05) is 23.4 Å². The first-order valence-corrected chi connectivity index (χ1v) is 12.4. The molecule has 0 radical (unpaired) electrons. The first kappa shape index (κ1) is 26.0. The summed E-state index contributed by atoms with van der Waals surface area (Å²) < 4.78 is 34.4. The lowest BCUT2D eigenvalue weighted by Crippen LogP contribution is -2.43. The number of aryl methyl sites for hydroxylation is 1.